The Labute approximate surface area is 115 Å². The molecule has 0 bridgehead atoms. The van der Waals surface area contributed by atoms with Gasteiger partial charge in [-0.05, 0) is 12.5 Å². The monoisotopic (exact) mass is 264 g/mol. The van der Waals surface area contributed by atoms with E-state index < -0.39 is 11.5 Å². The van der Waals surface area contributed by atoms with E-state index in [-0.39, 0.29) is 0 Å². The number of aliphatic carboxylic acids is 1. The summed E-state index contributed by atoms with van der Waals surface area (Å²) in [4.78, 5) is 15.4. The molecule has 0 aliphatic rings. The van der Waals surface area contributed by atoms with Crippen molar-refractivity contribution in [1.29, 1.82) is 0 Å². The van der Waals surface area contributed by atoms with Gasteiger partial charge in [0.2, 0.25) is 0 Å². The molecular weight excluding hydrogens is 240 g/mol. The van der Waals surface area contributed by atoms with Crippen molar-refractivity contribution in [2.45, 2.75) is 57.4 Å². The van der Waals surface area contributed by atoms with E-state index in [9.17, 15) is 9.90 Å². The van der Waals surface area contributed by atoms with Crippen LogP contribution in [0.2, 0.25) is 0 Å². The maximum Gasteiger partial charge on any atom is 0.328 e. The summed E-state index contributed by atoms with van der Waals surface area (Å²) in [5.41, 5.74) is 5.34. The quantitative estimate of drug-likeness (QED) is 0.672. The summed E-state index contributed by atoms with van der Waals surface area (Å²) in [5.74, 6) is -0.978. The minimum Gasteiger partial charge on any atom is -0.480 e. The fourth-order valence-corrected chi connectivity index (χ4v) is 2.19. The van der Waals surface area contributed by atoms with Gasteiger partial charge in [-0.1, -0.05) is 51.5 Å². The minimum absolute atomic E-state index is 0.458. The lowest BCUT2D eigenvalue weighted by Crippen LogP contribution is -2.44. The summed E-state index contributed by atoms with van der Waals surface area (Å²) in [6.07, 6.45) is 10.3. The average Bonchev–Trinajstić information content (AvgIpc) is 2.43. The molecule has 0 aliphatic carbocycles. The molecule has 19 heavy (non-hydrogen) atoms. The van der Waals surface area contributed by atoms with Crippen LogP contribution in [0.5, 0.6) is 0 Å². The van der Waals surface area contributed by atoms with Crippen molar-refractivity contribution >= 4 is 5.97 Å². The van der Waals surface area contributed by atoms with Crippen molar-refractivity contribution in [2.24, 2.45) is 5.73 Å². The molecule has 3 N–H and O–H groups in total. The van der Waals surface area contributed by atoms with Crippen molar-refractivity contribution in [2.75, 3.05) is 0 Å². The number of carboxylic acid groups (broad SMARTS) is 1. The van der Waals surface area contributed by atoms with Gasteiger partial charge in [-0.15, -0.1) is 0 Å². The first-order chi connectivity index (χ1) is 9.11. The summed E-state index contributed by atoms with van der Waals surface area (Å²) in [6, 6.07) is 3.46. The van der Waals surface area contributed by atoms with E-state index in [2.05, 4.69) is 11.9 Å². The standard InChI is InChI=1S/C15H24N2O2/c1-2-3-4-5-6-7-10-15(16,14(18)19)13-9-8-11-17-12-13/h8-9,11-12H,2-7,10,16H2,1H3,(H,18,19). The molecule has 1 aromatic heterocycles. The van der Waals surface area contributed by atoms with Crippen LogP contribution >= 0.6 is 0 Å². The van der Waals surface area contributed by atoms with Crippen LogP contribution in [-0.2, 0) is 10.3 Å². The van der Waals surface area contributed by atoms with Crippen LogP contribution in [-0.4, -0.2) is 16.1 Å². The molecule has 0 radical (unpaired) electrons. The van der Waals surface area contributed by atoms with Gasteiger partial charge in [0.05, 0.1) is 0 Å². The molecule has 1 aromatic rings. The number of nitrogens with two attached hydrogens (primary N) is 1. The van der Waals surface area contributed by atoms with Crippen molar-refractivity contribution in [1.82, 2.24) is 4.98 Å². The van der Waals surface area contributed by atoms with Crippen LogP contribution in [0.15, 0.2) is 24.5 Å². The smallest absolute Gasteiger partial charge is 0.328 e. The van der Waals surface area contributed by atoms with E-state index in [1.807, 2.05) is 0 Å². The molecule has 1 atom stereocenters. The van der Waals surface area contributed by atoms with Gasteiger partial charge in [-0.2, -0.15) is 0 Å². The predicted molar refractivity (Wildman–Crippen MR) is 75.7 cm³/mol. The lowest BCUT2D eigenvalue weighted by atomic mass is 9.86. The Kier molecular flexibility index (Phi) is 6.50. The molecule has 1 heterocycles. The third-order valence-corrected chi connectivity index (χ3v) is 3.48. The maximum atomic E-state index is 11.4. The fourth-order valence-electron chi connectivity index (χ4n) is 2.19. The summed E-state index contributed by atoms with van der Waals surface area (Å²) in [6.45, 7) is 2.18. The molecule has 0 saturated carbocycles. The number of carbonyl (C=O) groups is 1. The summed E-state index contributed by atoms with van der Waals surface area (Å²) in [7, 11) is 0. The van der Waals surface area contributed by atoms with Crippen LogP contribution < -0.4 is 5.73 Å². The lowest BCUT2D eigenvalue weighted by molar-refractivity contribution is -0.144. The lowest BCUT2D eigenvalue weighted by Gasteiger charge is -2.24. The van der Waals surface area contributed by atoms with Gasteiger partial charge >= 0.3 is 5.97 Å². The molecule has 4 heteroatoms. The van der Waals surface area contributed by atoms with Crippen molar-refractivity contribution < 1.29 is 9.90 Å². The number of nitrogens with zero attached hydrogens (tertiary/aromatic N) is 1. The Hall–Kier alpha value is -1.42. The highest BCUT2D eigenvalue weighted by molar-refractivity contribution is 5.80. The van der Waals surface area contributed by atoms with Gasteiger partial charge in [0, 0.05) is 18.0 Å². The molecule has 4 nitrogen and oxygen atoms in total. The molecule has 0 aromatic carbocycles. The molecule has 1 rings (SSSR count). The number of pyridine rings is 1. The second kappa shape index (κ2) is 7.89. The van der Waals surface area contributed by atoms with Crippen LogP contribution in [0.3, 0.4) is 0 Å². The van der Waals surface area contributed by atoms with E-state index in [4.69, 9.17) is 5.73 Å². The van der Waals surface area contributed by atoms with Crippen LogP contribution in [0, 0.1) is 0 Å². The molecule has 0 aliphatic heterocycles. The summed E-state index contributed by atoms with van der Waals surface area (Å²) in [5, 5.41) is 9.37. The van der Waals surface area contributed by atoms with Gasteiger partial charge in [-0.25, -0.2) is 4.79 Å². The highest BCUT2D eigenvalue weighted by Gasteiger charge is 2.35. The fraction of sp³-hybridized carbons (Fsp3) is 0.600. The first-order valence-corrected chi connectivity index (χ1v) is 7.04. The maximum absolute atomic E-state index is 11.4. The highest BCUT2D eigenvalue weighted by atomic mass is 16.4. The number of unbranched alkanes of at least 4 members (excludes halogenated alkanes) is 5. The third kappa shape index (κ3) is 4.63. The number of rotatable bonds is 9. The first-order valence-electron chi connectivity index (χ1n) is 7.04. The van der Waals surface area contributed by atoms with E-state index in [0.717, 1.165) is 19.3 Å². The largest absolute Gasteiger partial charge is 0.480 e. The Morgan fingerprint density at radius 1 is 1.32 bits per heavy atom. The van der Waals surface area contributed by atoms with Gasteiger partial charge in [-0.3, -0.25) is 4.98 Å². The average molecular weight is 264 g/mol. The molecule has 106 valence electrons. The Morgan fingerprint density at radius 3 is 2.58 bits per heavy atom. The SMILES string of the molecule is CCCCCCCCC(N)(C(=O)O)c1cccnc1. The summed E-state index contributed by atoms with van der Waals surface area (Å²) < 4.78 is 0. The zero-order valence-electron chi connectivity index (χ0n) is 11.6. The van der Waals surface area contributed by atoms with Crippen molar-refractivity contribution in [3.63, 3.8) is 0 Å². The molecule has 0 saturated heterocycles. The number of hydrogen-bond donors (Lipinski definition) is 2. The van der Waals surface area contributed by atoms with E-state index in [0.29, 0.717) is 12.0 Å². The van der Waals surface area contributed by atoms with Crippen LogP contribution in [0.1, 0.15) is 57.4 Å². The van der Waals surface area contributed by atoms with E-state index in [1.54, 1.807) is 24.5 Å². The minimum atomic E-state index is -1.31. The normalized spacial score (nSPS) is 14.0. The molecule has 0 fully saturated rings. The highest BCUT2D eigenvalue weighted by Crippen LogP contribution is 2.25. The number of aromatic nitrogens is 1. The third-order valence-electron chi connectivity index (χ3n) is 3.48. The second-order valence-electron chi connectivity index (χ2n) is 5.04. The zero-order valence-corrected chi connectivity index (χ0v) is 11.6. The predicted octanol–water partition coefficient (Wildman–Crippen LogP) is 3.07. The van der Waals surface area contributed by atoms with Crippen LogP contribution in [0.25, 0.3) is 0 Å². The number of hydrogen-bond acceptors (Lipinski definition) is 3. The van der Waals surface area contributed by atoms with E-state index >= 15 is 0 Å². The molecule has 0 spiro atoms. The van der Waals surface area contributed by atoms with Gasteiger partial charge in [0.25, 0.3) is 0 Å². The van der Waals surface area contributed by atoms with Crippen molar-refractivity contribution in [3.05, 3.63) is 30.1 Å². The first kappa shape index (κ1) is 15.6. The zero-order chi connectivity index (χ0) is 14.1. The molecule has 0 amide bonds. The second-order valence-corrected chi connectivity index (χ2v) is 5.04. The Bertz CT molecular complexity index is 381. The Morgan fingerprint density at radius 2 is 2.00 bits per heavy atom. The van der Waals surface area contributed by atoms with E-state index in [1.165, 1.54) is 19.3 Å². The van der Waals surface area contributed by atoms with Crippen molar-refractivity contribution in [3.8, 4) is 0 Å². The van der Waals surface area contributed by atoms with Gasteiger partial charge < -0.3 is 10.8 Å². The van der Waals surface area contributed by atoms with Gasteiger partial charge in [0.1, 0.15) is 5.54 Å². The number of carboxylic acids is 1. The van der Waals surface area contributed by atoms with Crippen LogP contribution in [0.4, 0.5) is 0 Å². The topological polar surface area (TPSA) is 76.2 Å². The Balaban J connectivity index is 2.52. The van der Waals surface area contributed by atoms with Gasteiger partial charge in [0.15, 0.2) is 0 Å². The molecular formula is C15H24N2O2. The summed E-state index contributed by atoms with van der Waals surface area (Å²) >= 11 is 0. The molecule has 1 unspecified atom stereocenters.